The molecule has 1 heterocycles. The molecule has 1 saturated carbocycles. The van der Waals surface area contributed by atoms with Crippen molar-refractivity contribution in [3.63, 3.8) is 0 Å². The first-order valence-electron chi connectivity index (χ1n) is 4.65. The summed E-state index contributed by atoms with van der Waals surface area (Å²) in [6, 6.07) is 3.38. The zero-order valence-electron chi connectivity index (χ0n) is 8.04. The van der Waals surface area contributed by atoms with Crippen LogP contribution in [0.1, 0.15) is 29.2 Å². The molecule has 0 aliphatic heterocycles. The first-order chi connectivity index (χ1) is 6.65. The number of hydrogen-bond donors (Lipinski definition) is 2. The lowest BCUT2D eigenvalue weighted by Gasteiger charge is -2.12. The van der Waals surface area contributed by atoms with Gasteiger partial charge in [-0.2, -0.15) is 0 Å². The molecule has 0 spiro atoms. The van der Waals surface area contributed by atoms with E-state index in [4.69, 9.17) is 9.52 Å². The topological polar surface area (TPSA) is 62.5 Å². The van der Waals surface area contributed by atoms with Crippen molar-refractivity contribution in [1.29, 1.82) is 0 Å². The Balaban J connectivity index is 2.03. The van der Waals surface area contributed by atoms with Crippen LogP contribution in [-0.2, 0) is 0 Å². The molecule has 1 fully saturated rings. The number of hydrogen-bond acceptors (Lipinski definition) is 3. The van der Waals surface area contributed by atoms with E-state index in [1.54, 1.807) is 19.1 Å². The Labute approximate surface area is 81.9 Å². The molecule has 1 aliphatic rings. The Morgan fingerprint density at radius 3 is 2.79 bits per heavy atom. The van der Waals surface area contributed by atoms with Gasteiger partial charge in [-0.25, -0.2) is 0 Å². The van der Waals surface area contributed by atoms with Crippen LogP contribution in [0.2, 0.25) is 0 Å². The molecule has 76 valence electrons. The lowest BCUT2D eigenvalue weighted by molar-refractivity contribution is 0.0877. The number of aliphatic hydroxyl groups excluding tert-OH is 1. The van der Waals surface area contributed by atoms with Gasteiger partial charge in [-0.15, -0.1) is 0 Å². The summed E-state index contributed by atoms with van der Waals surface area (Å²) in [5.41, 5.74) is -0.377. The quantitative estimate of drug-likeness (QED) is 0.751. The summed E-state index contributed by atoms with van der Waals surface area (Å²) in [6.45, 7) is 1.79. The predicted molar refractivity (Wildman–Crippen MR) is 50.0 cm³/mol. The van der Waals surface area contributed by atoms with Gasteiger partial charge in [0.25, 0.3) is 5.91 Å². The van der Waals surface area contributed by atoms with Crippen molar-refractivity contribution in [2.24, 2.45) is 0 Å². The number of furan rings is 1. The minimum absolute atomic E-state index is 0.00156. The Morgan fingerprint density at radius 1 is 1.64 bits per heavy atom. The van der Waals surface area contributed by atoms with Gasteiger partial charge < -0.3 is 14.8 Å². The molecule has 0 saturated heterocycles. The molecule has 0 radical (unpaired) electrons. The van der Waals surface area contributed by atoms with Crippen molar-refractivity contribution in [3.8, 4) is 0 Å². The second-order valence-electron chi connectivity index (χ2n) is 3.80. The number of carbonyl (C=O) groups is 1. The lowest BCUT2D eigenvalue weighted by atomic mass is 10.3. The minimum Gasteiger partial charge on any atom is -0.456 e. The highest BCUT2D eigenvalue weighted by Gasteiger charge is 2.43. The van der Waals surface area contributed by atoms with Crippen LogP contribution in [0.5, 0.6) is 0 Å². The third-order valence-electron chi connectivity index (χ3n) is 2.50. The van der Waals surface area contributed by atoms with Crippen molar-refractivity contribution >= 4 is 5.91 Å². The standard InChI is InChI=1S/C10H13NO3/c1-7-2-3-8(14-7)9(13)11-10(6-12)4-5-10/h2-3,12H,4-6H2,1H3,(H,11,13). The summed E-state index contributed by atoms with van der Waals surface area (Å²) >= 11 is 0. The van der Waals surface area contributed by atoms with E-state index < -0.39 is 0 Å². The molecule has 0 atom stereocenters. The molecule has 0 unspecified atom stereocenters. The van der Waals surface area contributed by atoms with Crippen LogP contribution in [0.4, 0.5) is 0 Å². The van der Waals surface area contributed by atoms with E-state index in [9.17, 15) is 4.79 Å². The largest absolute Gasteiger partial charge is 0.456 e. The van der Waals surface area contributed by atoms with Crippen LogP contribution < -0.4 is 5.32 Å². The lowest BCUT2D eigenvalue weighted by Crippen LogP contribution is -2.39. The van der Waals surface area contributed by atoms with Crippen LogP contribution in [-0.4, -0.2) is 23.2 Å². The molecular formula is C10H13NO3. The highest BCUT2D eigenvalue weighted by atomic mass is 16.3. The molecule has 4 nitrogen and oxygen atoms in total. The molecule has 0 bridgehead atoms. The molecule has 1 amide bonds. The van der Waals surface area contributed by atoms with Crippen molar-refractivity contribution in [2.75, 3.05) is 6.61 Å². The van der Waals surface area contributed by atoms with Gasteiger partial charge in [-0.3, -0.25) is 4.79 Å². The van der Waals surface area contributed by atoms with Gasteiger partial charge in [0.15, 0.2) is 5.76 Å². The van der Waals surface area contributed by atoms with E-state index in [2.05, 4.69) is 5.32 Å². The van der Waals surface area contributed by atoms with E-state index in [-0.39, 0.29) is 18.1 Å². The van der Waals surface area contributed by atoms with Gasteiger partial charge in [-0.05, 0) is 31.9 Å². The van der Waals surface area contributed by atoms with E-state index in [1.807, 2.05) is 0 Å². The second-order valence-corrected chi connectivity index (χ2v) is 3.80. The summed E-state index contributed by atoms with van der Waals surface area (Å²) in [5, 5.41) is 11.8. The fraction of sp³-hybridized carbons (Fsp3) is 0.500. The number of aryl methyl sites for hydroxylation is 1. The second kappa shape index (κ2) is 3.13. The van der Waals surface area contributed by atoms with Crippen molar-refractivity contribution in [3.05, 3.63) is 23.7 Å². The molecule has 0 aromatic carbocycles. The molecule has 1 aliphatic carbocycles. The first-order valence-corrected chi connectivity index (χ1v) is 4.65. The highest BCUT2D eigenvalue weighted by Crippen LogP contribution is 2.34. The summed E-state index contributed by atoms with van der Waals surface area (Å²) in [5.74, 6) is 0.774. The molecular weight excluding hydrogens is 182 g/mol. The molecule has 1 aromatic heterocycles. The normalized spacial score (nSPS) is 17.9. The Hall–Kier alpha value is -1.29. The van der Waals surface area contributed by atoms with E-state index in [0.29, 0.717) is 11.5 Å². The smallest absolute Gasteiger partial charge is 0.287 e. The summed E-state index contributed by atoms with van der Waals surface area (Å²) < 4.78 is 5.17. The van der Waals surface area contributed by atoms with Crippen molar-refractivity contribution in [2.45, 2.75) is 25.3 Å². The molecule has 2 rings (SSSR count). The number of nitrogens with one attached hydrogen (secondary N) is 1. The zero-order valence-corrected chi connectivity index (χ0v) is 8.04. The number of rotatable bonds is 3. The van der Waals surface area contributed by atoms with E-state index in [1.165, 1.54) is 0 Å². The molecule has 4 heteroatoms. The van der Waals surface area contributed by atoms with Gasteiger partial charge in [0.05, 0.1) is 12.1 Å². The zero-order chi connectivity index (χ0) is 10.2. The van der Waals surface area contributed by atoms with E-state index >= 15 is 0 Å². The Kier molecular flexibility index (Phi) is 2.07. The Morgan fingerprint density at radius 2 is 2.36 bits per heavy atom. The van der Waals surface area contributed by atoms with E-state index in [0.717, 1.165) is 12.8 Å². The Bertz CT molecular complexity index is 352. The van der Waals surface area contributed by atoms with Gasteiger partial charge >= 0.3 is 0 Å². The van der Waals surface area contributed by atoms with Gasteiger partial charge in [0, 0.05) is 0 Å². The summed E-state index contributed by atoms with van der Waals surface area (Å²) in [6.07, 6.45) is 1.68. The van der Waals surface area contributed by atoms with Crippen molar-refractivity contribution < 1.29 is 14.3 Å². The first kappa shape index (κ1) is 9.27. The van der Waals surface area contributed by atoms with Gasteiger partial charge in [0.1, 0.15) is 5.76 Å². The third-order valence-corrected chi connectivity index (χ3v) is 2.50. The maximum Gasteiger partial charge on any atom is 0.287 e. The maximum atomic E-state index is 11.6. The summed E-state index contributed by atoms with van der Waals surface area (Å²) in [7, 11) is 0. The number of amides is 1. The monoisotopic (exact) mass is 195 g/mol. The molecule has 14 heavy (non-hydrogen) atoms. The fourth-order valence-electron chi connectivity index (χ4n) is 1.33. The van der Waals surface area contributed by atoms with Gasteiger partial charge in [-0.1, -0.05) is 0 Å². The maximum absolute atomic E-state index is 11.6. The fourth-order valence-corrected chi connectivity index (χ4v) is 1.33. The minimum atomic E-state index is -0.377. The molecule has 1 aromatic rings. The third kappa shape index (κ3) is 1.65. The van der Waals surface area contributed by atoms with Crippen LogP contribution in [0, 0.1) is 6.92 Å². The SMILES string of the molecule is Cc1ccc(C(=O)NC2(CO)CC2)o1. The van der Waals surface area contributed by atoms with Crippen LogP contribution in [0.3, 0.4) is 0 Å². The van der Waals surface area contributed by atoms with Crippen LogP contribution in [0.15, 0.2) is 16.5 Å². The predicted octanol–water partition coefficient (Wildman–Crippen LogP) is 0.843. The average molecular weight is 195 g/mol. The highest BCUT2D eigenvalue weighted by molar-refractivity contribution is 5.92. The number of carbonyl (C=O) groups excluding carboxylic acids is 1. The van der Waals surface area contributed by atoms with Gasteiger partial charge in [0.2, 0.25) is 0 Å². The number of aliphatic hydroxyl groups is 1. The summed E-state index contributed by atoms with van der Waals surface area (Å²) in [4.78, 5) is 11.6. The molecule has 2 N–H and O–H groups in total. The van der Waals surface area contributed by atoms with Crippen molar-refractivity contribution in [1.82, 2.24) is 5.32 Å². The van der Waals surface area contributed by atoms with Crippen LogP contribution >= 0.6 is 0 Å². The van der Waals surface area contributed by atoms with Crippen LogP contribution in [0.25, 0.3) is 0 Å². The average Bonchev–Trinajstić information content (AvgIpc) is 2.80.